The minimum Gasteiger partial charge on any atom is -0.444 e. The Morgan fingerprint density at radius 3 is 2.58 bits per heavy atom. The molecule has 0 aromatic carbocycles. The molecule has 7 heteroatoms. The zero-order valence-electron chi connectivity index (χ0n) is 16.0. The van der Waals surface area contributed by atoms with Crippen molar-refractivity contribution in [3.05, 3.63) is 36.2 Å². The summed E-state index contributed by atoms with van der Waals surface area (Å²) in [6, 6.07) is 5.48. The average molecular weight is 358 g/mol. The van der Waals surface area contributed by atoms with E-state index in [-0.39, 0.29) is 12.0 Å². The molecule has 0 spiro atoms. The normalized spacial score (nSPS) is 17.4. The van der Waals surface area contributed by atoms with E-state index < -0.39 is 11.1 Å². The summed E-state index contributed by atoms with van der Waals surface area (Å²) in [5.74, 6) is -0.0393. The molecule has 0 saturated carbocycles. The van der Waals surface area contributed by atoms with Gasteiger partial charge in [-0.25, -0.2) is 9.31 Å². The van der Waals surface area contributed by atoms with Crippen molar-refractivity contribution in [3.63, 3.8) is 0 Å². The number of rotatable bonds is 1. The molecule has 1 fully saturated rings. The second-order valence-electron chi connectivity index (χ2n) is 8.29. The summed E-state index contributed by atoms with van der Waals surface area (Å²) in [6.45, 7) is 10.8. The predicted octanol–water partition coefficient (Wildman–Crippen LogP) is 2.81. The summed E-state index contributed by atoms with van der Waals surface area (Å²) < 4.78 is 7.19. The molecule has 0 aliphatic carbocycles. The molecule has 2 amide bonds. The van der Waals surface area contributed by atoms with Crippen molar-refractivity contribution in [2.45, 2.75) is 45.8 Å². The Kier molecular flexibility index (Phi) is 4.42. The molecule has 3 rings (SSSR count). The fourth-order valence-electron chi connectivity index (χ4n) is 3.22. The minimum absolute atomic E-state index is 0.0393. The highest BCUT2D eigenvalue weighted by molar-refractivity contribution is 5.96. The van der Waals surface area contributed by atoms with Gasteiger partial charge in [-0.2, -0.15) is 5.10 Å². The van der Waals surface area contributed by atoms with Gasteiger partial charge in [-0.3, -0.25) is 4.79 Å². The van der Waals surface area contributed by atoms with Crippen LogP contribution in [0.1, 0.15) is 45.0 Å². The molecule has 0 radical (unpaired) electrons. The number of ether oxygens (including phenoxy) is 1. The zero-order valence-corrected chi connectivity index (χ0v) is 16.0. The molecule has 1 aliphatic heterocycles. The van der Waals surface area contributed by atoms with Gasteiger partial charge in [-0.05, 0) is 52.8 Å². The Labute approximate surface area is 153 Å². The molecule has 140 valence electrons. The lowest BCUT2D eigenvalue weighted by atomic mass is 9.97. The third-order valence-electron chi connectivity index (χ3n) is 4.45. The highest BCUT2D eigenvalue weighted by Crippen LogP contribution is 2.25. The Balaban J connectivity index is 1.75. The summed E-state index contributed by atoms with van der Waals surface area (Å²) in [5.41, 5.74) is 0.478. The van der Waals surface area contributed by atoms with E-state index in [1.54, 1.807) is 27.9 Å². The van der Waals surface area contributed by atoms with Gasteiger partial charge in [0.1, 0.15) is 5.60 Å². The lowest BCUT2D eigenvalue weighted by molar-refractivity contribution is -0.0108. The molecular formula is C19H26N4O3. The first-order valence-corrected chi connectivity index (χ1v) is 8.80. The van der Waals surface area contributed by atoms with E-state index in [1.807, 2.05) is 51.7 Å². The Morgan fingerprint density at radius 1 is 1.19 bits per heavy atom. The van der Waals surface area contributed by atoms with Gasteiger partial charge in [0.05, 0.1) is 11.1 Å². The van der Waals surface area contributed by atoms with Gasteiger partial charge in [0, 0.05) is 37.6 Å². The van der Waals surface area contributed by atoms with Crippen LogP contribution in [0.25, 0.3) is 5.52 Å². The number of piperazine rings is 1. The highest BCUT2D eigenvalue weighted by Gasteiger charge is 2.39. The van der Waals surface area contributed by atoms with Crippen LogP contribution in [-0.2, 0) is 4.74 Å². The van der Waals surface area contributed by atoms with Crippen molar-refractivity contribution < 1.29 is 14.3 Å². The van der Waals surface area contributed by atoms with Crippen LogP contribution >= 0.6 is 0 Å². The zero-order chi connectivity index (χ0) is 19.1. The summed E-state index contributed by atoms with van der Waals surface area (Å²) in [7, 11) is 0. The first kappa shape index (κ1) is 18.2. The summed E-state index contributed by atoms with van der Waals surface area (Å²) >= 11 is 0. The van der Waals surface area contributed by atoms with Gasteiger partial charge in [-0.15, -0.1) is 0 Å². The van der Waals surface area contributed by atoms with Crippen molar-refractivity contribution in [1.29, 1.82) is 0 Å². The van der Waals surface area contributed by atoms with Crippen molar-refractivity contribution >= 4 is 17.5 Å². The lowest BCUT2D eigenvalue weighted by Crippen LogP contribution is -2.62. The van der Waals surface area contributed by atoms with E-state index >= 15 is 0 Å². The molecule has 1 saturated heterocycles. The van der Waals surface area contributed by atoms with Gasteiger partial charge < -0.3 is 14.5 Å². The minimum atomic E-state index is -0.533. The number of fused-ring (bicyclic) bond motifs is 1. The van der Waals surface area contributed by atoms with Gasteiger partial charge in [0.25, 0.3) is 5.91 Å². The van der Waals surface area contributed by atoms with Crippen LogP contribution in [0.2, 0.25) is 0 Å². The van der Waals surface area contributed by atoms with Crippen LogP contribution in [0.15, 0.2) is 30.6 Å². The summed E-state index contributed by atoms with van der Waals surface area (Å²) in [5, 5.41) is 4.15. The third kappa shape index (κ3) is 3.66. The van der Waals surface area contributed by atoms with Crippen molar-refractivity contribution in [3.8, 4) is 0 Å². The third-order valence-corrected chi connectivity index (χ3v) is 4.45. The van der Waals surface area contributed by atoms with E-state index in [1.165, 1.54) is 0 Å². The van der Waals surface area contributed by atoms with Gasteiger partial charge in [-0.1, -0.05) is 0 Å². The van der Waals surface area contributed by atoms with Crippen LogP contribution in [0.4, 0.5) is 4.79 Å². The first-order chi connectivity index (χ1) is 12.1. The molecule has 0 N–H and O–H groups in total. The van der Waals surface area contributed by atoms with Gasteiger partial charge in [0.15, 0.2) is 0 Å². The van der Waals surface area contributed by atoms with Crippen molar-refractivity contribution in [1.82, 2.24) is 19.4 Å². The van der Waals surface area contributed by atoms with E-state index in [0.717, 1.165) is 5.52 Å². The molecule has 3 heterocycles. The molecule has 0 unspecified atom stereocenters. The molecule has 1 aliphatic rings. The first-order valence-electron chi connectivity index (χ1n) is 8.80. The Morgan fingerprint density at radius 2 is 1.92 bits per heavy atom. The number of carbonyl (C=O) groups excluding carboxylic acids is 2. The molecule has 7 nitrogen and oxygen atoms in total. The molecule has 2 aromatic rings. The summed E-state index contributed by atoms with van der Waals surface area (Å²) in [4.78, 5) is 28.9. The van der Waals surface area contributed by atoms with E-state index in [9.17, 15) is 9.59 Å². The number of hydrogen-bond acceptors (Lipinski definition) is 4. The van der Waals surface area contributed by atoms with Crippen LogP contribution in [-0.4, -0.2) is 62.2 Å². The maximum absolute atomic E-state index is 13.0. The largest absolute Gasteiger partial charge is 0.444 e. The molecule has 2 aromatic heterocycles. The number of amides is 2. The number of carbonyl (C=O) groups is 2. The quantitative estimate of drug-likeness (QED) is 0.786. The van der Waals surface area contributed by atoms with Crippen LogP contribution in [0, 0.1) is 0 Å². The second-order valence-corrected chi connectivity index (χ2v) is 8.29. The van der Waals surface area contributed by atoms with E-state index in [4.69, 9.17) is 4.74 Å². The SMILES string of the molecule is CC(C)(C)OC(=O)N1CCN(C(=O)c2ccn3nccc3c2)C(C)(C)C1. The smallest absolute Gasteiger partial charge is 0.410 e. The number of hydrogen-bond donors (Lipinski definition) is 0. The molecule has 0 atom stereocenters. The topological polar surface area (TPSA) is 67.2 Å². The highest BCUT2D eigenvalue weighted by atomic mass is 16.6. The Hall–Kier alpha value is -2.57. The van der Waals surface area contributed by atoms with Crippen LogP contribution < -0.4 is 0 Å². The lowest BCUT2D eigenvalue weighted by Gasteiger charge is -2.47. The number of nitrogens with zero attached hydrogens (tertiary/aromatic N) is 4. The van der Waals surface area contributed by atoms with Crippen molar-refractivity contribution in [2.75, 3.05) is 19.6 Å². The van der Waals surface area contributed by atoms with Crippen LogP contribution in [0.5, 0.6) is 0 Å². The monoisotopic (exact) mass is 358 g/mol. The fourth-order valence-corrected chi connectivity index (χ4v) is 3.22. The second kappa shape index (κ2) is 6.30. The molecule has 0 bridgehead atoms. The van der Waals surface area contributed by atoms with E-state index in [2.05, 4.69) is 5.10 Å². The Bertz CT molecular complexity index is 835. The van der Waals surface area contributed by atoms with Crippen LogP contribution in [0.3, 0.4) is 0 Å². The number of aromatic nitrogens is 2. The fraction of sp³-hybridized carbons (Fsp3) is 0.526. The number of pyridine rings is 1. The maximum Gasteiger partial charge on any atom is 0.410 e. The average Bonchev–Trinajstić information content (AvgIpc) is 2.99. The van der Waals surface area contributed by atoms with Gasteiger partial charge in [0.2, 0.25) is 0 Å². The predicted molar refractivity (Wildman–Crippen MR) is 98.1 cm³/mol. The summed E-state index contributed by atoms with van der Waals surface area (Å²) in [6.07, 6.45) is 3.15. The molecular weight excluding hydrogens is 332 g/mol. The standard InChI is InChI=1S/C19H26N4O3/c1-18(2,3)26-17(25)21-10-11-22(19(4,5)13-21)16(24)14-7-9-23-15(12-14)6-8-20-23/h6-9,12H,10-11,13H2,1-5H3. The van der Waals surface area contributed by atoms with Gasteiger partial charge >= 0.3 is 6.09 Å². The van der Waals surface area contributed by atoms with Crippen molar-refractivity contribution in [2.24, 2.45) is 0 Å². The maximum atomic E-state index is 13.0. The van der Waals surface area contributed by atoms with E-state index in [0.29, 0.717) is 25.2 Å². The molecule has 26 heavy (non-hydrogen) atoms.